The van der Waals surface area contributed by atoms with E-state index in [1.807, 2.05) is 17.0 Å². The van der Waals surface area contributed by atoms with Crippen LogP contribution in [0.3, 0.4) is 0 Å². The van der Waals surface area contributed by atoms with Crippen LogP contribution in [0.1, 0.15) is 56.1 Å². The average molecular weight is 364 g/mol. The van der Waals surface area contributed by atoms with Gasteiger partial charge >= 0.3 is 6.03 Å². The number of carbonyl (C=O) groups excluding carboxylic acids is 1. The number of para-hydroxylation sites is 2. The summed E-state index contributed by atoms with van der Waals surface area (Å²) in [5, 5.41) is 1.58. The highest BCUT2D eigenvalue weighted by molar-refractivity contribution is 6.01. The largest absolute Gasteiger partial charge is 0.353 e. The molecule has 1 fully saturated rings. The summed E-state index contributed by atoms with van der Waals surface area (Å²) in [4.78, 5) is 21.4. The maximum atomic E-state index is 13.6. The van der Waals surface area contributed by atoms with Crippen molar-refractivity contribution in [3.8, 4) is 0 Å². The molecule has 1 atom stereocenters. The van der Waals surface area contributed by atoms with Crippen molar-refractivity contribution in [3.05, 3.63) is 59.7 Å². The number of urea groups is 1. The minimum atomic E-state index is -0.0754. The number of carbonyl (C=O) groups is 1. The number of hydrogen-bond acceptors (Lipinski definition) is 2. The maximum Gasteiger partial charge on any atom is 0.353 e. The number of fused-ring (bicyclic) bond motifs is 2. The lowest BCUT2D eigenvalue weighted by Gasteiger charge is -2.32. The molecule has 2 heterocycles. The van der Waals surface area contributed by atoms with Crippen LogP contribution in [-0.2, 0) is 11.3 Å². The summed E-state index contributed by atoms with van der Waals surface area (Å²) in [5.74, 6) is 0.411. The van der Waals surface area contributed by atoms with Crippen LogP contribution in [0.2, 0.25) is 0 Å². The molecular formula is C23H28N2O2. The lowest BCUT2D eigenvalue weighted by Crippen LogP contribution is -2.42. The summed E-state index contributed by atoms with van der Waals surface area (Å²) in [7, 11) is 0. The molecule has 0 aromatic heterocycles. The van der Waals surface area contributed by atoms with Gasteiger partial charge in [-0.1, -0.05) is 56.2 Å². The molecule has 4 nitrogen and oxygen atoms in total. The third-order valence-electron chi connectivity index (χ3n) is 5.72. The molecule has 142 valence electrons. The highest BCUT2D eigenvalue weighted by Gasteiger charge is 2.32. The van der Waals surface area contributed by atoms with Crippen LogP contribution in [0.25, 0.3) is 0 Å². The number of rotatable bonds is 1. The number of anilines is 2. The molecule has 2 aromatic rings. The molecule has 2 amide bonds. The van der Waals surface area contributed by atoms with Gasteiger partial charge in [0.15, 0.2) is 0 Å². The molecule has 4 heteroatoms. The zero-order chi connectivity index (χ0) is 18.6. The Labute approximate surface area is 161 Å². The lowest BCUT2D eigenvalue weighted by atomic mass is 9.90. The van der Waals surface area contributed by atoms with Crippen molar-refractivity contribution in [3.63, 3.8) is 0 Å². The Morgan fingerprint density at radius 1 is 1.00 bits per heavy atom. The first-order valence-corrected chi connectivity index (χ1v) is 10.2. The van der Waals surface area contributed by atoms with Crippen molar-refractivity contribution in [2.75, 3.05) is 18.1 Å². The monoisotopic (exact) mass is 364 g/mol. The van der Waals surface area contributed by atoms with Gasteiger partial charge in [-0.25, -0.2) is 9.86 Å². The minimum absolute atomic E-state index is 0.0754. The summed E-state index contributed by atoms with van der Waals surface area (Å²) < 4.78 is 0. The van der Waals surface area contributed by atoms with Crippen molar-refractivity contribution in [2.45, 2.75) is 51.4 Å². The van der Waals surface area contributed by atoms with Crippen LogP contribution in [0.15, 0.2) is 48.5 Å². The third-order valence-corrected chi connectivity index (χ3v) is 5.72. The summed E-state index contributed by atoms with van der Waals surface area (Å²) in [5.41, 5.74) is 4.44. The fourth-order valence-electron chi connectivity index (χ4n) is 4.23. The fourth-order valence-corrected chi connectivity index (χ4v) is 4.23. The molecule has 2 aliphatic heterocycles. The molecule has 2 aliphatic rings. The molecule has 27 heavy (non-hydrogen) atoms. The first-order valence-electron chi connectivity index (χ1n) is 10.2. The van der Waals surface area contributed by atoms with Crippen LogP contribution >= 0.6 is 0 Å². The number of benzene rings is 2. The number of hydrogen-bond donors (Lipinski definition) is 0. The van der Waals surface area contributed by atoms with Crippen LogP contribution in [-0.4, -0.2) is 24.2 Å². The summed E-state index contributed by atoms with van der Waals surface area (Å²) in [6.45, 7) is 3.49. The number of nitrogens with zero attached hydrogens (tertiary/aromatic N) is 2. The van der Waals surface area contributed by atoms with Gasteiger partial charge in [-0.15, -0.1) is 0 Å². The Hall–Kier alpha value is -2.33. The summed E-state index contributed by atoms with van der Waals surface area (Å²) >= 11 is 0. The highest BCUT2D eigenvalue weighted by Crippen LogP contribution is 2.42. The van der Waals surface area contributed by atoms with Gasteiger partial charge in [0.25, 0.3) is 0 Å². The average Bonchev–Trinajstić information content (AvgIpc) is 2.81. The summed E-state index contributed by atoms with van der Waals surface area (Å²) in [6.07, 6.45) is 6.32. The molecule has 0 spiro atoms. The number of amides is 2. The van der Waals surface area contributed by atoms with Gasteiger partial charge in [-0.3, -0.25) is 9.74 Å². The second kappa shape index (κ2) is 8.13. The molecule has 0 radical (unpaired) electrons. The van der Waals surface area contributed by atoms with Gasteiger partial charge in [-0.2, -0.15) is 0 Å². The molecule has 0 aliphatic carbocycles. The molecule has 1 saturated heterocycles. The van der Waals surface area contributed by atoms with Gasteiger partial charge < -0.3 is 0 Å². The van der Waals surface area contributed by atoms with Crippen LogP contribution in [0.4, 0.5) is 16.2 Å². The van der Waals surface area contributed by atoms with E-state index in [9.17, 15) is 4.79 Å². The highest BCUT2D eigenvalue weighted by atomic mass is 16.7. The maximum absolute atomic E-state index is 13.6. The zero-order valence-electron chi connectivity index (χ0n) is 16.1. The van der Waals surface area contributed by atoms with Gasteiger partial charge in [0.2, 0.25) is 0 Å². The van der Waals surface area contributed by atoms with Crippen molar-refractivity contribution in [1.29, 1.82) is 0 Å². The third kappa shape index (κ3) is 3.59. The molecule has 2 aromatic carbocycles. The Morgan fingerprint density at radius 2 is 1.74 bits per heavy atom. The Morgan fingerprint density at radius 3 is 2.59 bits per heavy atom. The van der Waals surface area contributed by atoms with E-state index in [2.05, 4.69) is 43.3 Å². The van der Waals surface area contributed by atoms with E-state index in [0.717, 1.165) is 43.5 Å². The standard InChI is InChI=1S/C23H28N2O2/c1-2-18-17-19-11-5-7-13-21(19)25(22-14-8-6-12-20(18)22)23(26)24-15-9-3-4-10-16-27-24/h5-8,11-14,18H,2-4,9-10,15-17H2,1H3. The van der Waals surface area contributed by atoms with Crippen LogP contribution in [0, 0.1) is 0 Å². The Balaban J connectivity index is 1.79. The summed E-state index contributed by atoms with van der Waals surface area (Å²) in [6, 6.07) is 16.6. The van der Waals surface area contributed by atoms with Gasteiger partial charge in [0.1, 0.15) is 0 Å². The van der Waals surface area contributed by atoms with Crippen molar-refractivity contribution < 1.29 is 9.63 Å². The predicted octanol–water partition coefficient (Wildman–Crippen LogP) is 5.80. The van der Waals surface area contributed by atoms with E-state index in [4.69, 9.17) is 4.84 Å². The molecule has 1 unspecified atom stereocenters. The van der Waals surface area contributed by atoms with Crippen molar-refractivity contribution in [2.24, 2.45) is 0 Å². The van der Waals surface area contributed by atoms with E-state index in [-0.39, 0.29) is 6.03 Å². The second-order valence-corrected chi connectivity index (χ2v) is 7.46. The van der Waals surface area contributed by atoms with E-state index in [1.54, 1.807) is 5.06 Å². The fraction of sp³-hybridized carbons (Fsp3) is 0.435. The van der Waals surface area contributed by atoms with Crippen LogP contribution in [0.5, 0.6) is 0 Å². The molecule has 0 N–H and O–H groups in total. The zero-order valence-corrected chi connectivity index (χ0v) is 16.1. The second-order valence-electron chi connectivity index (χ2n) is 7.46. The lowest BCUT2D eigenvalue weighted by molar-refractivity contribution is -0.121. The van der Waals surface area contributed by atoms with E-state index >= 15 is 0 Å². The Bertz CT molecular complexity index is 796. The first kappa shape index (κ1) is 18.1. The van der Waals surface area contributed by atoms with Gasteiger partial charge in [0, 0.05) is 0 Å². The smallest absolute Gasteiger partial charge is 0.269 e. The first-order chi connectivity index (χ1) is 13.3. The molecule has 0 bridgehead atoms. The predicted molar refractivity (Wildman–Crippen MR) is 108 cm³/mol. The number of hydroxylamine groups is 2. The molecular weight excluding hydrogens is 336 g/mol. The van der Waals surface area contributed by atoms with Crippen LogP contribution < -0.4 is 4.90 Å². The van der Waals surface area contributed by atoms with E-state index in [0.29, 0.717) is 19.1 Å². The van der Waals surface area contributed by atoms with Crippen molar-refractivity contribution >= 4 is 17.4 Å². The van der Waals surface area contributed by atoms with E-state index < -0.39 is 0 Å². The quantitative estimate of drug-likeness (QED) is 0.640. The normalized spacial score (nSPS) is 20.1. The Kier molecular flexibility index (Phi) is 5.44. The topological polar surface area (TPSA) is 32.8 Å². The minimum Gasteiger partial charge on any atom is -0.269 e. The van der Waals surface area contributed by atoms with E-state index in [1.165, 1.54) is 17.5 Å². The molecule has 4 rings (SSSR count). The van der Waals surface area contributed by atoms with Gasteiger partial charge in [0.05, 0.1) is 24.5 Å². The van der Waals surface area contributed by atoms with Gasteiger partial charge in [-0.05, 0) is 54.9 Å². The molecule has 0 saturated carbocycles. The SMILES string of the molecule is CCC1Cc2ccccc2N(C(=O)N2CCCCCCO2)c2ccccc21. The van der Waals surface area contributed by atoms with Crippen molar-refractivity contribution in [1.82, 2.24) is 5.06 Å².